The van der Waals surface area contributed by atoms with E-state index in [2.05, 4.69) is 9.62 Å². The molecule has 3 rings (SSSR count). The standard InChI is InChI=1S/C19H24N2O4S2/c1-26(22,23)17-9-11-18(12-10-17)27(24,25)20-15-19(21-13-5-6-14-21)16-7-3-2-4-8-16/h2-4,7-12,19-20H,5-6,13-15H2,1H3/t19-/m0/s1. The summed E-state index contributed by atoms with van der Waals surface area (Å²) in [5.74, 6) is 0. The van der Waals surface area contributed by atoms with Crippen LogP contribution in [0, 0.1) is 0 Å². The summed E-state index contributed by atoms with van der Waals surface area (Å²) in [4.78, 5) is 2.45. The average Bonchev–Trinajstić information content (AvgIpc) is 3.16. The highest BCUT2D eigenvalue weighted by atomic mass is 32.2. The van der Waals surface area contributed by atoms with Gasteiger partial charge in [0.2, 0.25) is 10.0 Å². The van der Waals surface area contributed by atoms with Crippen LogP contribution in [0.5, 0.6) is 0 Å². The quantitative estimate of drug-likeness (QED) is 0.759. The molecule has 0 bridgehead atoms. The van der Waals surface area contributed by atoms with E-state index in [0.29, 0.717) is 0 Å². The SMILES string of the molecule is CS(=O)(=O)c1ccc(S(=O)(=O)NC[C@@H](c2ccccc2)N2CCCC2)cc1. The molecule has 1 saturated heterocycles. The third-order valence-corrected chi connectivity index (χ3v) is 7.36. The van der Waals surface area contributed by atoms with Crippen molar-refractivity contribution in [3.05, 3.63) is 60.2 Å². The van der Waals surface area contributed by atoms with Crippen molar-refractivity contribution in [1.29, 1.82) is 0 Å². The Hall–Kier alpha value is -1.74. The maximum Gasteiger partial charge on any atom is 0.240 e. The molecule has 1 N–H and O–H groups in total. The summed E-state index contributed by atoms with van der Waals surface area (Å²) in [6, 6.07) is 15.1. The molecule has 0 unspecified atom stereocenters. The number of likely N-dealkylation sites (tertiary alicyclic amines) is 1. The predicted molar refractivity (Wildman–Crippen MR) is 105 cm³/mol. The van der Waals surface area contributed by atoms with Gasteiger partial charge in [0.25, 0.3) is 0 Å². The minimum Gasteiger partial charge on any atom is -0.295 e. The van der Waals surface area contributed by atoms with E-state index in [1.54, 1.807) is 0 Å². The summed E-state index contributed by atoms with van der Waals surface area (Å²) in [6.45, 7) is 2.16. The van der Waals surface area contributed by atoms with Crippen molar-refractivity contribution in [2.24, 2.45) is 0 Å². The molecule has 1 fully saturated rings. The van der Waals surface area contributed by atoms with E-state index in [-0.39, 0.29) is 22.4 Å². The first-order valence-corrected chi connectivity index (χ1v) is 12.2. The Labute approximate surface area is 161 Å². The summed E-state index contributed by atoms with van der Waals surface area (Å²) in [7, 11) is -7.09. The predicted octanol–water partition coefficient (Wildman–Crippen LogP) is 2.21. The maximum absolute atomic E-state index is 12.7. The molecular formula is C19H24N2O4S2. The molecule has 0 radical (unpaired) electrons. The normalized spacial score (nSPS) is 17.1. The van der Waals surface area contributed by atoms with Crippen molar-refractivity contribution >= 4 is 19.9 Å². The second kappa shape index (κ2) is 8.10. The molecule has 0 spiro atoms. The Morgan fingerprint density at radius 3 is 2.00 bits per heavy atom. The monoisotopic (exact) mass is 408 g/mol. The van der Waals surface area contributed by atoms with Crippen LogP contribution in [0.1, 0.15) is 24.4 Å². The molecule has 2 aromatic carbocycles. The van der Waals surface area contributed by atoms with Gasteiger partial charge in [0.05, 0.1) is 9.79 Å². The van der Waals surface area contributed by atoms with Gasteiger partial charge in [-0.15, -0.1) is 0 Å². The largest absolute Gasteiger partial charge is 0.295 e. The van der Waals surface area contributed by atoms with Gasteiger partial charge in [-0.3, -0.25) is 4.90 Å². The zero-order valence-electron chi connectivity index (χ0n) is 15.2. The molecule has 0 aromatic heterocycles. The van der Waals surface area contributed by atoms with Crippen molar-refractivity contribution in [1.82, 2.24) is 9.62 Å². The van der Waals surface area contributed by atoms with E-state index < -0.39 is 19.9 Å². The van der Waals surface area contributed by atoms with Crippen LogP contribution in [-0.2, 0) is 19.9 Å². The third-order valence-electron chi connectivity index (χ3n) is 4.79. The van der Waals surface area contributed by atoms with Gasteiger partial charge in [0.1, 0.15) is 0 Å². The van der Waals surface area contributed by atoms with Crippen molar-refractivity contribution in [2.45, 2.75) is 28.7 Å². The third kappa shape index (κ3) is 4.95. The lowest BCUT2D eigenvalue weighted by Crippen LogP contribution is -2.36. The molecule has 1 heterocycles. The average molecular weight is 409 g/mol. The molecule has 0 saturated carbocycles. The Balaban J connectivity index is 1.77. The lowest BCUT2D eigenvalue weighted by atomic mass is 10.1. The summed E-state index contributed by atoms with van der Waals surface area (Å²) in [6.07, 6.45) is 3.32. The van der Waals surface area contributed by atoms with Crippen LogP contribution in [0.15, 0.2) is 64.4 Å². The molecule has 0 amide bonds. The van der Waals surface area contributed by atoms with E-state index in [0.717, 1.165) is 37.8 Å². The number of nitrogens with one attached hydrogen (secondary N) is 1. The van der Waals surface area contributed by atoms with Crippen molar-refractivity contribution in [3.63, 3.8) is 0 Å². The molecule has 8 heteroatoms. The number of hydrogen-bond acceptors (Lipinski definition) is 5. The molecule has 146 valence electrons. The zero-order valence-corrected chi connectivity index (χ0v) is 16.8. The number of nitrogens with zero attached hydrogens (tertiary/aromatic N) is 1. The minimum atomic E-state index is -3.73. The Morgan fingerprint density at radius 2 is 1.44 bits per heavy atom. The first-order chi connectivity index (χ1) is 12.8. The molecule has 1 atom stereocenters. The molecule has 6 nitrogen and oxygen atoms in total. The van der Waals surface area contributed by atoms with Gasteiger partial charge >= 0.3 is 0 Å². The molecule has 1 aliphatic rings. The van der Waals surface area contributed by atoms with Crippen LogP contribution in [-0.4, -0.2) is 47.6 Å². The number of rotatable bonds is 7. The number of hydrogen-bond donors (Lipinski definition) is 1. The van der Waals surface area contributed by atoms with Crippen LogP contribution in [0.2, 0.25) is 0 Å². The molecule has 1 aliphatic heterocycles. The lowest BCUT2D eigenvalue weighted by Gasteiger charge is -2.28. The topological polar surface area (TPSA) is 83.5 Å². The fraction of sp³-hybridized carbons (Fsp3) is 0.368. The first-order valence-electron chi connectivity index (χ1n) is 8.86. The van der Waals surface area contributed by atoms with Crippen LogP contribution in [0.25, 0.3) is 0 Å². The number of sulfone groups is 1. The second-order valence-electron chi connectivity index (χ2n) is 6.77. The van der Waals surface area contributed by atoms with E-state index >= 15 is 0 Å². The Kier molecular flexibility index (Phi) is 6.00. The van der Waals surface area contributed by atoms with Crippen LogP contribution >= 0.6 is 0 Å². The van der Waals surface area contributed by atoms with Crippen molar-refractivity contribution in [3.8, 4) is 0 Å². The van der Waals surface area contributed by atoms with Crippen molar-refractivity contribution in [2.75, 3.05) is 25.9 Å². The van der Waals surface area contributed by atoms with Gasteiger partial charge in [0.15, 0.2) is 9.84 Å². The highest BCUT2D eigenvalue weighted by molar-refractivity contribution is 7.90. The minimum absolute atomic E-state index is 0.0289. The van der Waals surface area contributed by atoms with Gasteiger partial charge < -0.3 is 0 Å². The fourth-order valence-electron chi connectivity index (χ4n) is 3.32. The van der Waals surface area contributed by atoms with Crippen LogP contribution in [0.3, 0.4) is 0 Å². The lowest BCUT2D eigenvalue weighted by molar-refractivity contribution is 0.246. The van der Waals surface area contributed by atoms with Crippen molar-refractivity contribution < 1.29 is 16.8 Å². The van der Waals surface area contributed by atoms with Gasteiger partial charge in [-0.25, -0.2) is 21.6 Å². The number of sulfonamides is 1. The fourth-order valence-corrected chi connectivity index (χ4v) is 4.99. The maximum atomic E-state index is 12.7. The van der Waals surface area contributed by atoms with Crippen LogP contribution < -0.4 is 4.72 Å². The van der Waals surface area contributed by atoms with Crippen LogP contribution in [0.4, 0.5) is 0 Å². The highest BCUT2D eigenvalue weighted by Gasteiger charge is 2.25. The van der Waals surface area contributed by atoms with E-state index in [1.807, 2.05) is 30.3 Å². The van der Waals surface area contributed by atoms with Gasteiger partial charge in [-0.1, -0.05) is 30.3 Å². The van der Waals surface area contributed by atoms with Gasteiger partial charge in [-0.2, -0.15) is 0 Å². The molecule has 2 aromatic rings. The summed E-state index contributed by atoms with van der Waals surface area (Å²) in [5.41, 5.74) is 1.08. The smallest absolute Gasteiger partial charge is 0.240 e. The van der Waals surface area contributed by atoms with Gasteiger partial charge in [0, 0.05) is 18.8 Å². The molecular weight excluding hydrogens is 384 g/mol. The Bertz CT molecular complexity index is 966. The summed E-state index contributed by atoms with van der Waals surface area (Å²) in [5, 5.41) is 0. The van der Waals surface area contributed by atoms with E-state index in [9.17, 15) is 16.8 Å². The second-order valence-corrected chi connectivity index (χ2v) is 10.5. The van der Waals surface area contributed by atoms with E-state index in [4.69, 9.17) is 0 Å². The summed E-state index contributed by atoms with van der Waals surface area (Å²) >= 11 is 0. The van der Waals surface area contributed by atoms with E-state index in [1.165, 1.54) is 24.3 Å². The first kappa shape index (κ1) is 20.0. The Morgan fingerprint density at radius 1 is 0.889 bits per heavy atom. The molecule has 27 heavy (non-hydrogen) atoms. The molecule has 0 aliphatic carbocycles. The van der Waals surface area contributed by atoms with Gasteiger partial charge in [-0.05, 0) is 55.8 Å². The highest BCUT2D eigenvalue weighted by Crippen LogP contribution is 2.25. The zero-order chi connectivity index (χ0) is 19.5. The number of benzene rings is 2. The summed E-state index contributed by atoms with van der Waals surface area (Å²) < 4.78 is 51.1.